The Kier molecular flexibility index (Phi) is 558. The molecule has 0 aliphatic carbocycles. The van der Waals surface area contributed by atoms with E-state index in [1.165, 1.54) is 0 Å². The van der Waals surface area contributed by atoms with Crippen LogP contribution in [0.15, 0.2) is 0 Å². The molecule has 0 saturated carbocycles. The molecular weight excluding hydrogens is 87.3 g/mol. The first-order chi connectivity index (χ1) is 0. The average Bonchev–Trinajstić information content (AvgIpc) is 0. The molecule has 24 valence electrons. The Hall–Kier alpha value is 1.12. The average molecular weight is 92.3 g/mol. The molecule has 0 bridgehead atoms. The molecule has 0 heterocycles. The Morgan fingerprint density at radius 1 is 0.750 bits per heavy atom. The summed E-state index contributed by atoms with van der Waals surface area (Å²) in [6, 6.07) is 0. The van der Waals surface area contributed by atoms with Crippen LogP contribution in [0.4, 0.5) is 0 Å². The minimum Gasteiger partial charge on any atom is -0.870 e. The van der Waals surface area contributed by atoms with Crippen molar-refractivity contribution in [3.8, 4) is 0 Å². The molecule has 4 heteroatoms. The molecule has 0 aliphatic rings. The van der Waals surface area contributed by atoms with E-state index in [0.29, 0.717) is 0 Å². The van der Waals surface area contributed by atoms with Crippen molar-refractivity contribution in [2.75, 3.05) is 0 Å². The third-order valence-corrected chi connectivity index (χ3v) is 0. The summed E-state index contributed by atoms with van der Waals surface area (Å²) in [6.45, 7) is 0. The number of hydrogen-bond acceptors (Lipinski definition) is 2. The first-order valence-electron chi connectivity index (χ1n) is 0. The Morgan fingerprint density at radius 3 is 0.750 bits per heavy atom. The monoisotopic (exact) mass is 92.0 g/mol. The topological polar surface area (TPSA) is 60.0 Å². The van der Waals surface area contributed by atoms with E-state index in [4.69, 9.17) is 0 Å². The van der Waals surface area contributed by atoms with Crippen molar-refractivity contribution in [2.24, 2.45) is 0 Å². The predicted molar refractivity (Wildman–Crippen MR) is 20.7 cm³/mol. The summed E-state index contributed by atoms with van der Waals surface area (Å²) >= 11 is 0. The van der Waals surface area contributed by atoms with E-state index < -0.39 is 0 Å². The summed E-state index contributed by atoms with van der Waals surface area (Å²) in [4.78, 5) is 0. The van der Waals surface area contributed by atoms with E-state index in [9.17, 15) is 0 Å². The standard InChI is InChI=1S/Mg.2H2O.H3P/h;2*1H2;1H3/q+2;;;/p-2. The Balaban J connectivity index is 0. The first-order valence-corrected chi connectivity index (χ1v) is 0. The second kappa shape index (κ2) is 32.1. The molecule has 0 saturated heterocycles. The molecule has 1 atom stereocenters. The van der Waals surface area contributed by atoms with E-state index in [-0.39, 0.29) is 43.9 Å². The van der Waals surface area contributed by atoms with Gasteiger partial charge in [0.1, 0.15) is 0 Å². The van der Waals surface area contributed by atoms with Crippen LogP contribution in [-0.4, -0.2) is 34.0 Å². The third kappa shape index (κ3) is 11.2. The summed E-state index contributed by atoms with van der Waals surface area (Å²) in [5.41, 5.74) is 0. The van der Waals surface area contributed by atoms with E-state index in [2.05, 4.69) is 0 Å². The van der Waals surface area contributed by atoms with Gasteiger partial charge in [0.05, 0.1) is 0 Å². The summed E-state index contributed by atoms with van der Waals surface area (Å²) < 4.78 is 0. The van der Waals surface area contributed by atoms with Gasteiger partial charge in [-0.05, 0) is 0 Å². The summed E-state index contributed by atoms with van der Waals surface area (Å²) in [6.07, 6.45) is 0. The van der Waals surface area contributed by atoms with E-state index in [0.717, 1.165) is 0 Å². The molecule has 1 unspecified atom stereocenters. The zero-order valence-corrected chi connectivity index (χ0v) is 5.14. The summed E-state index contributed by atoms with van der Waals surface area (Å²) in [5.74, 6) is 0. The van der Waals surface area contributed by atoms with Crippen LogP contribution in [0.1, 0.15) is 0 Å². The van der Waals surface area contributed by atoms with Gasteiger partial charge in [0.25, 0.3) is 0 Å². The van der Waals surface area contributed by atoms with Gasteiger partial charge in [0.2, 0.25) is 0 Å². The third-order valence-electron chi connectivity index (χ3n) is 0. The Bertz CT molecular complexity index is 6.00. The van der Waals surface area contributed by atoms with Crippen LogP contribution in [0, 0.1) is 0 Å². The summed E-state index contributed by atoms with van der Waals surface area (Å²) in [5, 5.41) is 0. The second-order valence-electron chi connectivity index (χ2n) is 0. The maximum atomic E-state index is 0. The normalized spacial score (nSPS) is 0. The Labute approximate surface area is 44.4 Å². The zero-order valence-electron chi connectivity index (χ0n) is 2.31. The van der Waals surface area contributed by atoms with Gasteiger partial charge >= 0.3 is 23.1 Å². The van der Waals surface area contributed by atoms with Crippen LogP contribution in [0.5, 0.6) is 0 Å². The van der Waals surface area contributed by atoms with Crippen LogP contribution in [0.3, 0.4) is 0 Å². The molecule has 0 aromatic heterocycles. The van der Waals surface area contributed by atoms with Crippen molar-refractivity contribution < 1.29 is 11.0 Å². The van der Waals surface area contributed by atoms with Gasteiger partial charge in [-0.15, -0.1) is 0 Å². The van der Waals surface area contributed by atoms with Gasteiger partial charge in [-0.3, -0.25) is 0 Å². The molecule has 0 radical (unpaired) electrons. The number of rotatable bonds is 0. The quantitative estimate of drug-likeness (QED) is 0.294. The van der Waals surface area contributed by atoms with Crippen molar-refractivity contribution in [3.05, 3.63) is 0 Å². The van der Waals surface area contributed by atoms with Crippen molar-refractivity contribution in [2.45, 2.75) is 0 Å². The summed E-state index contributed by atoms with van der Waals surface area (Å²) in [7, 11) is 0. The molecule has 0 fully saturated rings. The molecule has 0 spiro atoms. The van der Waals surface area contributed by atoms with Gasteiger partial charge in [-0.2, -0.15) is 9.90 Å². The van der Waals surface area contributed by atoms with Gasteiger partial charge in [0, 0.05) is 0 Å². The molecule has 0 aliphatic heterocycles. The smallest absolute Gasteiger partial charge is 0.870 e. The van der Waals surface area contributed by atoms with Crippen molar-refractivity contribution >= 4 is 33.0 Å². The van der Waals surface area contributed by atoms with Crippen molar-refractivity contribution in [3.63, 3.8) is 0 Å². The first kappa shape index (κ1) is 69.6. The van der Waals surface area contributed by atoms with Crippen molar-refractivity contribution in [1.29, 1.82) is 0 Å². The van der Waals surface area contributed by atoms with E-state index in [1.54, 1.807) is 0 Å². The molecule has 2 N–H and O–H groups in total. The fourth-order valence-corrected chi connectivity index (χ4v) is 0. The minimum atomic E-state index is 0. The largest absolute Gasteiger partial charge is 2.00 e. The Morgan fingerprint density at radius 2 is 0.750 bits per heavy atom. The SMILES string of the molecule is P.[Mg+2].[OH-].[OH-]. The molecular formula is H5MgO2P. The van der Waals surface area contributed by atoms with Crippen LogP contribution < -0.4 is 0 Å². The van der Waals surface area contributed by atoms with Gasteiger partial charge in [0.15, 0.2) is 0 Å². The molecule has 0 amide bonds. The van der Waals surface area contributed by atoms with Crippen LogP contribution in [0.2, 0.25) is 0 Å². The van der Waals surface area contributed by atoms with Crippen LogP contribution in [0.25, 0.3) is 0 Å². The molecule has 4 heavy (non-hydrogen) atoms. The molecule has 0 rings (SSSR count). The fourth-order valence-electron chi connectivity index (χ4n) is 0. The second-order valence-corrected chi connectivity index (χ2v) is 0. The van der Waals surface area contributed by atoms with Gasteiger partial charge in [-0.1, -0.05) is 0 Å². The van der Waals surface area contributed by atoms with E-state index >= 15 is 0 Å². The fraction of sp³-hybridized carbons (Fsp3) is 0. The van der Waals surface area contributed by atoms with Crippen LogP contribution >= 0.6 is 9.90 Å². The van der Waals surface area contributed by atoms with E-state index in [1.807, 2.05) is 0 Å². The number of hydrogen-bond donors (Lipinski definition) is 0. The van der Waals surface area contributed by atoms with Crippen molar-refractivity contribution in [1.82, 2.24) is 0 Å². The predicted octanol–water partition coefficient (Wildman–Crippen LogP) is -0.676. The molecule has 0 aromatic rings. The molecule has 0 aromatic carbocycles. The minimum absolute atomic E-state index is 0. The van der Waals surface area contributed by atoms with Gasteiger partial charge in [-0.25, -0.2) is 0 Å². The van der Waals surface area contributed by atoms with Gasteiger partial charge < -0.3 is 11.0 Å². The zero-order chi connectivity index (χ0) is 0. The maximum Gasteiger partial charge on any atom is 2.00 e. The maximum absolute atomic E-state index is 0. The molecule has 2 nitrogen and oxygen atoms in total. The van der Waals surface area contributed by atoms with Crippen LogP contribution in [-0.2, 0) is 0 Å².